The lowest BCUT2D eigenvalue weighted by Gasteiger charge is -2.17. The highest BCUT2D eigenvalue weighted by Gasteiger charge is 2.12. The van der Waals surface area contributed by atoms with Crippen LogP contribution in [0.3, 0.4) is 0 Å². The number of benzene rings is 2. The number of rotatable bonds is 9. The van der Waals surface area contributed by atoms with Crippen molar-refractivity contribution in [3.8, 4) is 11.5 Å². The summed E-state index contributed by atoms with van der Waals surface area (Å²) in [4.78, 5) is 5.91. The predicted molar refractivity (Wildman–Crippen MR) is 120 cm³/mol. The molecule has 1 unspecified atom stereocenters. The average Bonchev–Trinajstić information content (AvgIpc) is 2.75. The van der Waals surface area contributed by atoms with Gasteiger partial charge in [0.05, 0.1) is 26.9 Å². The fourth-order valence-electron chi connectivity index (χ4n) is 2.82. The van der Waals surface area contributed by atoms with Gasteiger partial charge in [-0.25, -0.2) is 4.99 Å². The SMILES string of the molecule is CCNC(=NCc1ccc(C)cc1SC)NCC(O)c1cc(OC)cc(OC)c1. The van der Waals surface area contributed by atoms with Crippen LogP contribution in [-0.2, 0) is 6.54 Å². The molecule has 158 valence electrons. The molecule has 0 radical (unpaired) electrons. The van der Waals surface area contributed by atoms with E-state index >= 15 is 0 Å². The second kappa shape index (κ2) is 11.6. The van der Waals surface area contributed by atoms with Crippen molar-refractivity contribution in [1.29, 1.82) is 0 Å². The Bertz CT molecular complexity index is 805. The van der Waals surface area contributed by atoms with Crippen LogP contribution in [0.25, 0.3) is 0 Å². The Morgan fingerprint density at radius 3 is 2.38 bits per heavy atom. The Hall–Kier alpha value is -2.38. The van der Waals surface area contributed by atoms with E-state index in [0.717, 1.165) is 6.54 Å². The Morgan fingerprint density at radius 1 is 1.10 bits per heavy atom. The molecule has 6 nitrogen and oxygen atoms in total. The van der Waals surface area contributed by atoms with Crippen LogP contribution in [0.5, 0.6) is 11.5 Å². The first kappa shape index (κ1) is 22.9. The maximum absolute atomic E-state index is 10.6. The van der Waals surface area contributed by atoms with E-state index in [1.165, 1.54) is 16.0 Å². The molecule has 0 bridgehead atoms. The number of aliphatic hydroxyl groups excluding tert-OH is 1. The van der Waals surface area contributed by atoms with Crippen molar-refractivity contribution in [3.05, 3.63) is 53.1 Å². The Labute approximate surface area is 177 Å². The van der Waals surface area contributed by atoms with Crippen molar-refractivity contribution in [2.75, 3.05) is 33.6 Å². The molecule has 0 spiro atoms. The smallest absolute Gasteiger partial charge is 0.191 e. The van der Waals surface area contributed by atoms with Gasteiger partial charge in [-0.3, -0.25) is 0 Å². The number of nitrogens with zero attached hydrogens (tertiary/aromatic N) is 1. The lowest BCUT2D eigenvalue weighted by Crippen LogP contribution is -2.39. The van der Waals surface area contributed by atoms with Crippen LogP contribution < -0.4 is 20.1 Å². The minimum absolute atomic E-state index is 0.311. The fraction of sp³-hybridized carbons (Fsp3) is 0.409. The molecule has 2 aromatic carbocycles. The highest BCUT2D eigenvalue weighted by atomic mass is 32.2. The second-order valence-corrected chi connectivity index (χ2v) is 7.40. The molecule has 0 aliphatic rings. The van der Waals surface area contributed by atoms with E-state index in [2.05, 4.69) is 47.0 Å². The van der Waals surface area contributed by atoms with Crippen molar-refractivity contribution in [2.24, 2.45) is 4.99 Å². The summed E-state index contributed by atoms with van der Waals surface area (Å²) in [5.74, 6) is 1.94. The lowest BCUT2D eigenvalue weighted by atomic mass is 10.1. The molecule has 2 aromatic rings. The summed E-state index contributed by atoms with van der Waals surface area (Å²) in [5, 5.41) is 17.1. The molecule has 0 fully saturated rings. The van der Waals surface area contributed by atoms with E-state index in [-0.39, 0.29) is 0 Å². The van der Waals surface area contributed by atoms with Crippen LogP contribution in [0.15, 0.2) is 46.3 Å². The number of aliphatic imine (C=N–C) groups is 1. The molecular formula is C22H31N3O3S. The van der Waals surface area contributed by atoms with Gasteiger partial charge in [-0.1, -0.05) is 12.1 Å². The number of thioether (sulfide) groups is 1. The number of nitrogens with one attached hydrogen (secondary N) is 2. The number of methoxy groups -OCH3 is 2. The summed E-state index contributed by atoms with van der Waals surface area (Å²) in [5.41, 5.74) is 3.13. The predicted octanol–water partition coefficient (Wildman–Crippen LogP) is 3.52. The first-order valence-corrected chi connectivity index (χ1v) is 10.8. The number of ether oxygens (including phenoxy) is 2. The average molecular weight is 418 g/mol. The molecule has 7 heteroatoms. The van der Waals surface area contributed by atoms with Crippen molar-refractivity contribution in [3.63, 3.8) is 0 Å². The van der Waals surface area contributed by atoms with Crippen molar-refractivity contribution in [2.45, 2.75) is 31.4 Å². The molecule has 0 heterocycles. The summed E-state index contributed by atoms with van der Waals surface area (Å²) < 4.78 is 10.6. The minimum Gasteiger partial charge on any atom is -0.497 e. The molecule has 0 saturated heterocycles. The van der Waals surface area contributed by atoms with Gasteiger partial charge in [0.2, 0.25) is 0 Å². The molecule has 0 aliphatic heterocycles. The van der Waals surface area contributed by atoms with Crippen LogP contribution in [0, 0.1) is 6.92 Å². The van der Waals surface area contributed by atoms with Gasteiger partial charge in [-0.2, -0.15) is 0 Å². The van der Waals surface area contributed by atoms with Gasteiger partial charge in [0.1, 0.15) is 11.5 Å². The highest BCUT2D eigenvalue weighted by Crippen LogP contribution is 2.26. The highest BCUT2D eigenvalue weighted by molar-refractivity contribution is 7.98. The van der Waals surface area contributed by atoms with Crippen LogP contribution in [-0.4, -0.2) is 44.6 Å². The summed E-state index contributed by atoms with van der Waals surface area (Å²) in [6.07, 6.45) is 1.34. The summed E-state index contributed by atoms with van der Waals surface area (Å²) in [6.45, 7) is 5.71. The van der Waals surface area contributed by atoms with Gasteiger partial charge in [0.15, 0.2) is 5.96 Å². The first-order valence-electron chi connectivity index (χ1n) is 9.57. The Balaban J connectivity index is 2.08. The molecule has 1 atom stereocenters. The number of hydrogen-bond acceptors (Lipinski definition) is 5. The van der Waals surface area contributed by atoms with Crippen LogP contribution in [0.2, 0.25) is 0 Å². The van der Waals surface area contributed by atoms with Crippen LogP contribution in [0.1, 0.15) is 29.7 Å². The molecule has 0 saturated carbocycles. The summed E-state index contributed by atoms with van der Waals surface area (Å²) >= 11 is 1.72. The van der Waals surface area contributed by atoms with Crippen LogP contribution in [0.4, 0.5) is 0 Å². The Kier molecular flexibility index (Phi) is 9.15. The van der Waals surface area contributed by atoms with E-state index < -0.39 is 6.10 Å². The van der Waals surface area contributed by atoms with Crippen molar-refractivity contribution < 1.29 is 14.6 Å². The van der Waals surface area contributed by atoms with Gasteiger partial charge >= 0.3 is 0 Å². The molecule has 0 aromatic heterocycles. The van der Waals surface area contributed by atoms with Crippen molar-refractivity contribution in [1.82, 2.24) is 10.6 Å². The maximum atomic E-state index is 10.6. The molecule has 3 N–H and O–H groups in total. The molecule has 0 aliphatic carbocycles. The van der Waals surface area contributed by atoms with E-state index in [9.17, 15) is 5.11 Å². The van der Waals surface area contributed by atoms with E-state index in [1.807, 2.05) is 6.92 Å². The maximum Gasteiger partial charge on any atom is 0.191 e. The zero-order valence-corrected chi connectivity index (χ0v) is 18.6. The monoisotopic (exact) mass is 417 g/mol. The third-order valence-corrected chi connectivity index (χ3v) is 5.24. The van der Waals surface area contributed by atoms with Gasteiger partial charge in [-0.15, -0.1) is 11.8 Å². The topological polar surface area (TPSA) is 75.1 Å². The summed E-state index contributed by atoms with van der Waals surface area (Å²) in [6, 6.07) is 11.8. The minimum atomic E-state index is -0.732. The fourth-order valence-corrected chi connectivity index (χ4v) is 3.52. The van der Waals surface area contributed by atoms with E-state index in [4.69, 9.17) is 9.47 Å². The zero-order valence-electron chi connectivity index (χ0n) is 17.8. The van der Waals surface area contributed by atoms with Gasteiger partial charge in [0.25, 0.3) is 0 Å². The molecule has 0 amide bonds. The Morgan fingerprint density at radius 2 is 1.79 bits per heavy atom. The number of aliphatic hydroxyl groups is 1. The molecule has 2 rings (SSSR count). The number of hydrogen-bond donors (Lipinski definition) is 3. The van der Waals surface area contributed by atoms with Gasteiger partial charge in [-0.05, 0) is 55.0 Å². The zero-order chi connectivity index (χ0) is 21.2. The lowest BCUT2D eigenvalue weighted by molar-refractivity contribution is 0.180. The standard InChI is InChI=1S/C22H31N3O3S/c1-6-23-22(24-13-16-8-7-15(2)9-21(16)29-5)25-14-20(26)17-10-18(27-3)12-19(11-17)28-4/h7-12,20,26H,6,13-14H2,1-5H3,(H2,23,24,25). The van der Waals surface area contributed by atoms with Crippen LogP contribution >= 0.6 is 11.8 Å². The molecule has 29 heavy (non-hydrogen) atoms. The second-order valence-electron chi connectivity index (χ2n) is 6.55. The number of guanidine groups is 1. The van der Waals surface area contributed by atoms with Crippen molar-refractivity contribution >= 4 is 17.7 Å². The van der Waals surface area contributed by atoms with Gasteiger partial charge < -0.3 is 25.2 Å². The summed E-state index contributed by atoms with van der Waals surface area (Å²) in [7, 11) is 3.18. The molecular weight excluding hydrogens is 386 g/mol. The van der Waals surface area contributed by atoms with E-state index in [0.29, 0.717) is 36.1 Å². The third-order valence-electron chi connectivity index (χ3n) is 4.42. The van der Waals surface area contributed by atoms with Gasteiger partial charge in [0, 0.05) is 24.1 Å². The third kappa shape index (κ3) is 6.87. The normalized spacial score (nSPS) is 12.4. The quantitative estimate of drug-likeness (QED) is 0.329. The number of aryl methyl sites for hydroxylation is 1. The largest absolute Gasteiger partial charge is 0.497 e. The first-order chi connectivity index (χ1) is 14.0. The van der Waals surface area contributed by atoms with E-state index in [1.54, 1.807) is 44.2 Å².